The molecular formula is C13H21N3O. The van der Waals surface area contributed by atoms with E-state index in [1.54, 1.807) is 0 Å². The lowest BCUT2D eigenvalue weighted by Crippen LogP contribution is -2.49. The van der Waals surface area contributed by atoms with Crippen LogP contribution >= 0.6 is 0 Å². The minimum atomic E-state index is 0.276. The number of pyridine rings is 1. The minimum absolute atomic E-state index is 0.276. The summed E-state index contributed by atoms with van der Waals surface area (Å²) < 4.78 is 5.70. The lowest BCUT2D eigenvalue weighted by Gasteiger charge is -2.39. The second kappa shape index (κ2) is 5.36. The smallest absolute Gasteiger partial charge is 0.131 e. The van der Waals surface area contributed by atoms with Crippen molar-refractivity contribution >= 4 is 11.6 Å². The van der Waals surface area contributed by atoms with Crippen molar-refractivity contribution in [2.45, 2.75) is 32.4 Å². The molecule has 2 unspecified atom stereocenters. The maximum atomic E-state index is 5.70. The Morgan fingerprint density at radius 2 is 2.35 bits per heavy atom. The molecule has 2 atom stereocenters. The summed E-state index contributed by atoms with van der Waals surface area (Å²) in [6.07, 6.45) is 1.36. The molecule has 4 heteroatoms. The zero-order chi connectivity index (χ0) is 12.3. The van der Waals surface area contributed by atoms with E-state index < -0.39 is 0 Å². The first-order valence-electron chi connectivity index (χ1n) is 6.27. The summed E-state index contributed by atoms with van der Waals surface area (Å²) in [7, 11) is 1.89. The molecule has 94 valence electrons. The number of ether oxygens (including phenoxy) is 1. The summed E-state index contributed by atoms with van der Waals surface area (Å²) in [6.45, 7) is 6.02. The van der Waals surface area contributed by atoms with E-state index in [0.717, 1.165) is 31.2 Å². The fourth-order valence-electron chi connectivity index (χ4n) is 2.19. The van der Waals surface area contributed by atoms with E-state index in [0.29, 0.717) is 6.04 Å². The van der Waals surface area contributed by atoms with Gasteiger partial charge in [0.15, 0.2) is 0 Å². The van der Waals surface area contributed by atoms with Gasteiger partial charge in [0.25, 0.3) is 0 Å². The Labute approximate surface area is 103 Å². The predicted molar refractivity (Wildman–Crippen MR) is 70.6 cm³/mol. The van der Waals surface area contributed by atoms with Gasteiger partial charge in [-0.1, -0.05) is 13.0 Å². The monoisotopic (exact) mass is 235 g/mol. The number of morpholine rings is 1. The average molecular weight is 235 g/mol. The van der Waals surface area contributed by atoms with Crippen molar-refractivity contribution in [2.75, 3.05) is 30.4 Å². The van der Waals surface area contributed by atoms with Gasteiger partial charge in [0.05, 0.1) is 18.8 Å². The summed E-state index contributed by atoms with van der Waals surface area (Å²) in [5, 5.41) is 3.08. The molecule has 1 aromatic heterocycles. The molecule has 1 saturated heterocycles. The first-order valence-corrected chi connectivity index (χ1v) is 6.27. The summed E-state index contributed by atoms with van der Waals surface area (Å²) in [6, 6.07) is 6.53. The molecular weight excluding hydrogens is 214 g/mol. The Kier molecular flexibility index (Phi) is 3.84. The van der Waals surface area contributed by atoms with Gasteiger partial charge in [0.1, 0.15) is 11.6 Å². The molecule has 1 aliphatic heterocycles. The van der Waals surface area contributed by atoms with Crippen molar-refractivity contribution < 1.29 is 4.74 Å². The van der Waals surface area contributed by atoms with Crippen LogP contribution in [-0.2, 0) is 4.74 Å². The number of hydrogen-bond acceptors (Lipinski definition) is 4. The van der Waals surface area contributed by atoms with E-state index in [1.807, 2.05) is 19.2 Å². The lowest BCUT2D eigenvalue weighted by molar-refractivity contribution is 0.0296. The fourth-order valence-corrected chi connectivity index (χ4v) is 2.19. The molecule has 0 amide bonds. The van der Waals surface area contributed by atoms with Gasteiger partial charge < -0.3 is 15.0 Å². The largest absolute Gasteiger partial charge is 0.375 e. The van der Waals surface area contributed by atoms with Crippen LogP contribution in [-0.4, -0.2) is 37.3 Å². The highest BCUT2D eigenvalue weighted by atomic mass is 16.5. The molecule has 0 saturated carbocycles. The van der Waals surface area contributed by atoms with Crippen LogP contribution in [0.15, 0.2) is 18.2 Å². The molecule has 17 heavy (non-hydrogen) atoms. The summed E-state index contributed by atoms with van der Waals surface area (Å²) in [5.41, 5.74) is 0. The number of rotatable bonds is 3. The summed E-state index contributed by atoms with van der Waals surface area (Å²) in [4.78, 5) is 6.96. The fraction of sp³-hybridized carbons (Fsp3) is 0.615. The second-order valence-electron chi connectivity index (χ2n) is 4.49. The highest BCUT2D eigenvalue weighted by Gasteiger charge is 2.26. The van der Waals surface area contributed by atoms with Crippen LogP contribution in [0, 0.1) is 0 Å². The Morgan fingerprint density at radius 3 is 3.06 bits per heavy atom. The quantitative estimate of drug-likeness (QED) is 0.871. The lowest BCUT2D eigenvalue weighted by atomic mass is 10.1. The van der Waals surface area contributed by atoms with Gasteiger partial charge in [-0.25, -0.2) is 4.98 Å². The normalized spacial score (nSPS) is 24.8. The molecule has 0 aliphatic carbocycles. The van der Waals surface area contributed by atoms with Crippen molar-refractivity contribution in [1.82, 2.24) is 4.98 Å². The Balaban J connectivity index is 2.22. The third kappa shape index (κ3) is 2.69. The van der Waals surface area contributed by atoms with Crippen LogP contribution in [0.4, 0.5) is 11.6 Å². The Bertz CT molecular complexity index is 369. The number of nitrogens with one attached hydrogen (secondary N) is 1. The standard InChI is InChI=1S/C13H21N3O/c1-4-11-9-17-10(2)8-16(11)13-7-5-6-12(14-3)15-13/h5-7,10-11H,4,8-9H2,1-3H3,(H,14,15). The molecule has 1 N–H and O–H groups in total. The SMILES string of the molecule is CCC1COC(C)CN1c1cccc(NC)n1. The van der Waals surface area contributed by atoms with Crippen LogP contribution in [0.5, 0.6) is 0 Å². The van der Waals surface area contributed by atoms with Crippen molar-refractivity contribution in [3.63, 3.8) is 0 Å². The molecule has 2 heterocycles. The van der Waals surface area contributed by atoms with Crippen molar-refractivity contribution in [2.24, 2.45) is 0 Å². The van der Waals surface area contributed by atoms with E-state index in [2.05, 4.69) is 35.1 Å². The van der Waals surface area contributed by atoms with Gasteiger partial charge in [0, 0.05) is 13.6 Å². The third-order valence-corrected chi connectivity index (χ3v) is 3.22. The number of anilines is 2. The van der Waals surface area contributed by atoms with Crippen LogP contribution in [0.1, 0.15) is 20.3 Å². The van der Waals surface area contributed by atoms with Gasteiger partial charge >= 0.3 is 0 Å². The molecule has 1 aromatic rings. The number of nitrogens with zero attached hydrogens (tertiary/aromatic N) is 2. The minimum Gasteiger partial charge on any atom is -0.375 e. The van der Waals surface area contributed by atoms with Crippen LogP contribution in [0.2, 0.25) is 0 Å². The van der Waals surface area contributed by atoms with Crippen molar-refractivity contribution in [3.05, 3.63) is 18.2 Å². The molecule has 1 aliphatic rings. The molecule has 0 spiro atoms. The van der Waals surface area contributed by atoms with Crippen molar-refractivity contribution in [1.29, 1.82) is 0 Å². The molecule has 2 rings (SSSR count). The molecule has 1 fully saturated rings. The van der Waals surface area contributed by atoms with Gasteiger partial charge in [-0.15, -0.1) is 0 Å². The topological polar surface area (TPSA) is 37.4 Å². The zero-order valence-corrected chi connectivity index (χ0v) is 10.8. The van der Waals surface area contributed by atoms with E-state index in [9.17, 15) is 0 Å². The van der Waals surface area contributed by atoms with Gasteiger partial charge in [-0.3, -0.25) is 0 Å². The van der Waals surface area contributed by atoms with Gasteiger partial charge in [-0.05, 0) is 25.5 Å². The maximum absolute atomic E-state index is 5.70. The maximum Gasteiger partial charge on any atom is 0.131 e. The Hall–Kier alpha value is -1.29. The van der Waals surface area contributed by atoms with E-state index >= 15 is 0 Å². The van der Waals surface area contributed by atoms with E-state index in [1.165, 1.54) is 0 Å². The zero-order valence-electron chi connectivity index (χ0n) is 10.8. The summed E-state index contributed by atoms with van der Waals surface area (Å²) >= 11 is 0. The second-order valence-corrected chi connectivity index (χ2v) is 4.49. The molecule has 0 aromatic carbocycles. The average Bonchev–Trinajstić information content (AvgIpc) is 2.39. The first-order chi connectivity index (χ1) is 8.24. The predicted octanol–water partition coefficient (Wildman–Crippen LogP) is 2.13. The van der Waals surface area contributed by atoms with Crippen LogP contribution in [0.25, 0.3) is 0 Å². The van der Waals surface area contributed by atoms with E-state index in [4.69, 9.17) is 4.74 Å². The number of hydrogen-bond donors (Lipinski definition) is 1. The van der Waals surface area contributed by atoms with Gasteiger partial charge in [0.2, 0.25) is 0 Å². The van der Waals surface area contributed by atoms with Crippen molar-refractivity contribution in [3.8, 4) is 0 Å². The summed E-state index contributed by atoms with van der Waals surface area (Å²) in [5.74, 6) is 1.95. The highest BCUT2D eigenvalue weighted by molar-refractivity contribution is 5.48. The van der Waals surface area contributed by atoms with Crippen LogP contribution in [0.3, 0.4) is 0 Å². The third-order valence-electron chi connectivity index (χ3n) is 3.22. The number of aromatic nitrogens is 1. The van der Waals surface area contributed by atoms with Gasteiger partial charge in [-0.2, -0.15) is 0 Å². The molecule has 4 nitrogen and oxygen atoms in total. The highest BCUT2D eigenvalue weighted by Crippen LogP contribution is 2.22. The first kappa shape index (κ1) is 12.2. The molecule has 0 radical (unpaired) electrons. The molecule has 0 bridgehead atoms. The Morgan fingerprint density at radius 1 is 1.53 bits per heavy atom. The van der Waals surface area contributed by atoms with E-state index in [-0.39, 0.29) is 6.10 Å². The van der Waals surface area contributed by atoms with Crippen LogP contribution < -0.4 is 10.2 Å².